The number of benzene rings is 2. The number of phenols is 1. The lowest BCUT2D eigenvalue weighted by molar-refractivity contribution is 0.0288. The third-order valence-corrected chi connectivity index (χ3v) is 5.34. The largest absolute Gasteiger partial charge is 0.504 e. The highest BCUT2D eigenvalue weighted by atomic mass is 16.7. The summed E-state index contributed by atoms with van der Waals surface area (Å²) in [5, 5.41) is 9.82. The third kappa shape index (κ3) is 2.68. The highest BCUT2D eigenvalue weighted by Crippen LogP contribution is 2.50. The Morgan fingerprint density at radius 3 is 2.28 bits per heavy atom. The molecule has 5 heteroatoms. The van der Waals surface area contributed by atoms with Crippen molar-refractivity contribution in [3.05, 3.63) is 47.5 Å². The number of ether oxygens (including phenoxy) is 4. The Labute approximate surface area is 147 Å². The molecule has 0 aliphatic carbocycles. The van der Waals surface area contributed by atoms with E-state index in [0.717, 1.165) is 22.6 Å². The van der Waals surface area contributed by atoms with Gasteiger partial charge in [0.1, 0.15) is 0 Å². The highest BCUT2D eigenvalue weighted by molar-refractivity contribution is 5.46. The zero-order chi connectivity index (χ0) is 17.6. The minimum absolute atomic E-state index is 0.0192. The van der Waals surface area contributed by atoms with Crippen LogP contribution in [-0.2, 0) is 4.74 Å². The van der Waals surface area contributed by atoms with Crippen LogP contribution in [0.5, 0.6) is 23.0 Å². The maximum Gasteiger partial charge on any atom is 0.231 e. The summed E-state index contributed by atoms with van der Waals surface area (Å²) in [7, 11) is 1.55. The van der Waals surface area contributed by atoms with Gasteiger partial charge in [-0.25, -0.2) is 0 Å². The van der Waals surface area contributed by atoms with E-state index >= 15 is 0 Å². The molecule has 2 aliphatic heterocycles. The number of hydrogen-bond acceptors (Lipinski definition) is 5. The van der Waals surface area contributed by atoms with E-state index < -0.39 is 0 Å². The van der Waals surface area contributed by atoms with E-state index in [-0.39, 0.29) is 24.8 Å². The van der Waals surface area contributed by atoms with Crippen LogP contribution in [-0.4, -0.2) is 19.0 Å². The molecule has 4 rings (SSSR count). The second-order valence-corrected chi connectivity index (χ2v) is 6.74. The molecule has 132 valence electrons. The average Bonchev–Trinajstić information content (AvgIpc) is 3.20. The molecule has 1 N–H and O–H groups in total. The van der Waals surface area contributed by atoms with Gasteiger partial charge in [0.25, 0.3) is 0 Å². The number of fused-ring (bicyclic) bond motifs is 1. The van der Waals surface area contributed by atoms with E-state index in [1.807, 2.05) is 30.3 Å². The molecule has 0 bridgehead atoms. The molecule has 0 amide bonds. The van der Waals surface area contributed by atoms with Gasteiger partial charge in [0, 0.05) is 0 Å². The number of hydrogen-bond donors (Lipinski definition) is 1. The van der Waals surface area contributed by atoms with Crippen molar-refractivity contribution in [2.24, 2.45) is 11.8 Å². The number of methoxy groups -OCH3 is 1. The lowest BCUT2D eigenvalue weighted by Gasteiger charge is -2.17. The molecule has 2 aromatic rings. The van der Waals surface area contributed by atoms with Crippen LogP contribution in [0.15, 0.2) is 36.4 Å². The van der Waals surface area contributed by atoms with Crippen LogP contribution < -0.4 is 14.2 Å². The van der Waals surface area contributed by atoms with E-state index in [0.29, 0.717) is 17.6 Å². The van der Waals surface area contributed by atoms with Crippen molar-refractivity contribution in [2.75, 3.05) is 13.9 Å². The molecule has 1 fully saturated rings. The summed E-state index contributed by atoms with van der Waals surface area (Å²) in [6.45, 7) is 4.67. The quantitative estimate of drug-likeness (QED) is 0.905. The van der Waals surface area contributed by atoms with Crippen molar-refractivity contribution < 1.29 is 24.1 Å². The molecule has 0 saturated carbocycles. The van der Waals surface area contributed by atoms with Gasteiger partial charge >= 0.3 is 0 Å². The van der Waals surface area contributed by atoms with Crippen LogP contribution in [0.25, 0.3) is 0 Å². The normalized spacial score (nSPS) is 27.5. The molecule has 4 atom stereocenters. The molecule has 2 aromatic carbocycles. The van der Waals surface area contributed by atoms with Gasteiger partial charge < -0.3 is 24.1 Å². The summed E-state index contributed by atoms with van der Waals surface area (Å²) >= 11 is 0. The van der Waals surface area contributed by atoms with Crippen molar-refractivity contribution in [3.8, 4) is 23.0 Å². The monoisotopic (exact) mass is 342 g/mol. The van der Waals surface area contributed by atoms with Crippen LogP contribution in [0.4, 0.5) is 0 Å². The zero-order valence-corrected chi connectivity index (χ0v) is 14.6. The van der Waals surface area contributed by atoms with Crippen LogP contribution in [0.3, 0.4) is 0 Å². The fourth-order valence-corrected chi connectivity index (χ4v) is 3.68. The minimum Gasteiger partial charge on any atom is -0.504 e. The van der Waals surface area contributed by atoms with Gasteiger partial charge in [-0.1, -0.05) is 26.0 Å². The molecule has 0 aromatic heterocycles. The van der Waals surface area contributed by atoms with Crippen LogP contribution in [0.1, 0.15) is 37.2 Å². The molecule has 0 spiro atoms. The zero-order valence-electron chi connectivity index (χ0n) is 14.6. The summed E-state index contributed by atoms with van der Waals surface area (Å²) < 4.78 is 22.5. The Morgan fingerprint density at radius 2 is 1.56 bits per heavy atom. The molecular weight excluding hydrogens is 320 g/mol. The van der Waals surface area contributed by atoms with Gasteiger partial charge in [-0.3, -0.25) is 0 Å². The molecule has 2 heterocycles. The Morgan fingerprint density at radius 1 is 0.920 bits per heavy atom. The first-order valence-electron chi connectivity index (χ1n) is 8.50. The fraction of sp³-hybridized carbons (Fsp3) is 0.400. The average molecular weight is 342 g/mol. The van der Waals surface area contributed by atoms with Crippen LogP contribution >= 0.6 is 0 Å². The van der Waals surface area contributed by atoms with Crippen molar-refractivity contribution in [3.63, 3.8) is 0 Å². The molecule has 2 aliphatic rings. The summed E-state index contributed by atoms with van der Waals surface area (Å²) in [5.41, 5.74) is 2.11. The first-order valence-corrected chi connectivity index (χ1v) is 8.50. The Hall–Kier alpha value is -2.40. The van der Waals surface area contributed by atoms with Crippen molar-refractivity contribution in [2.45, 2.75) is 26.1 Å². The van der Waals surface area contributed by atoms with E-state index in [2.05, 4.69) is 13.8 Å². The molecular formula is C20H22O5. The van der Waals surface area contributed by atoms with Gasteiger partial charge in [0.05, 0.1) is 19.3 Å². The number of rotatable bonds is 3. The highest BCUT2D eigenvalue weighted by Gasteiger charge is 2.41. The van der Waals surface area contributed by atoms with E-state index in [4.69, 9.17) is 18.9 Å². The van der Waals surface area contributed by atoms with E-state index in [1.54, 1.807) is 13.2 Å². The maximum absolute atomic E-state index is 9.82. The molecule has 5 nitrogen and oxygen atoms in total. The lowest BCUT2D eigenvalue weighted by atomic mass is 9.85. The second-order valence-electron chi connectivity index (χ2n) is 6.74. The van der Waals surface area contributed by atoms with Crippen molar-refractivity contribution >= 4 is 0 Å². The predicted octanol–water partition coefficient (Wildman–Crippen LogP) is 4.21. The smallest absolute Gasteiger partial charge is 0.231 e. The molecule has 1 unspecified atom stereocenters. The minimum atomic E-state index is -0.0556. The van der Waals surface area contributed by atoms with E-state index in [1.165, 1.54) is 0 Å². The van der Waals surface area contributed by atoms with Gasteiger partial charge in [-0.2, -0.15) is 0 Å². The summed E-state index contributed by atoms with van der Waals surface area (Å²) in [6, 6.07) is 11.4. The van der Waals surface area contributed by atoms with Crippen molar-refractivity contribution in [1.29, 1.82) is 0 Å². The summed E-state index contributed by atoms with van der Waals surface area (Å²) in [5.74, 6) is 2.82. The standard InChI is InChI=1S/C20H22O5/c1-11-12(2)20(14-5-7-16-18(9-14)24-10-23-16)25-19(11)13-4-6-15(21)17(8-13)22-3/h4-9,11-12,19-21H,10H2,1-3H3/t11-,12?,19-,20-/m0/s1. The lowest BCUT2D eigenvalue weighted by Crippen LogP contribution is -2.09. The Balaban J connectivity index is 1.63. The van der Waals surface area contributed by atoms with Crippen LogP contribution in [0.2, 0.25) is 0 Å². The molecule has 1 saturated heterocycles. The predicted molar refractivity (Wildman–Crippen MR) is 92.1 cm³/mol. The Bertz CT molecular complexity index is 767. The fourth-order valence-electron chi connectivity index (χ4n) is 3.68. The first-order chi connectivity index (χ1) is 12.1. The summed E-state index contributed by atoms with van der Waals surface area (Å²) in [4.78, 5) is 0. The van der Waals surface area contributed by atoms with E-state index in [9.17, 15) is 5.11 Å². The SMILES string of the molecule is COc1cc([C@H]2O[C@H](c3ccc4c(c3)OCO4)C(C)[C@@H]2C)ccc1O. The topological polar surface area (TPSA) is 57.2 Å². The third-order valence-electron chi connectivity index (χ3n) is 5.34. The van der Waals surface area contributed by atoms with Crippen LogP contribution in [0, 0.1) is 11.8 Å². The summed E-state index contributed by atoms with van der Waals surface area (Å²) in [6.07, 6.45) is -0.0748. The van der Waals surface area contributed by atoms with Gasteiger partial charge in [0.15, 0.2) is 23.0 Å². The Kier molecular flexibility index (Phi) is 3.96. The first kappa shape index (κ1) is 16.1. The molecule has 0 radical (unpaired) electrons. The molecule has 25 heavy (non-hydrogen) atoms. The van der Waals surface area contributed by atoms with Gasteiger partial charge in [0.2, 0.25) is 6.79 Å². The van der Waals surface area contributed by atoms with Gasteiger partial charge in [-0.15, -0.1) is 0 Å². The maximum atomic E-state index is 9.82. The second kappa shape index (κ2) is 6.15. The number of aromatic hydroxyl groups is 1. The van der Waals surface area contributed by atoms with Gasteiger partial charge in [-0.05, 0) is 47.2 Å². The number of phenolic OH excluding ortho intramolecular Hbond substituents is 1. The van der Waals surface area contributed by atoms with Crippen molar-refractivity contribution in [1.82, 2.24) is 0 Å².